The maximum atomic E-state index is 13.4. The molecule has 1 N–H and O–H groups in total. The molecule has 0 aliphatic heterocycles. The van der Waals surface area contributed by atoms with E-state index in [2.05, 4.69) is 10.4 Å². The average Bonchev–Trinajstić information content (AvgIpc) is 3.31. The third-order valence-corrected chi connectivity index (χ3v) is 5.11. The molecule has 1 heterocycles. The summed E-state index contributed by atoms with van der Waals surface area (Å²) in [6.07, 6.45) is -4.59. The van der Waals surface area contributed by atoms with Gasteiger partial charge in [0.1, 0.15) is 18.1 Å². The van der Waals surface area contributed by atoms with Crippen LogP contribution in [0.2, 0.25) is 0 Å². The Morgan fingerprint density at radius 3 is 2.29 bits per heavy atom. The van der Waals surface area contributed by atoms with Gasteiger partial charge in [0.2, 0.25) is 0 Å². The zero-order chi connectivity index (χ0) is 24.8. The van der Waals surface area contributed by atoms with Crippen LogP contribution in [-0.2, 0) is 10.9 Å². The van der Waals surface area contributed by atoms with Crippen LogP contribution in [-0.4, -0.2) is 36.0 Å². The van der Waals surface area contributed by atoms with E-state index in [0.29, 0.717) is 11.4 Å². The quantitative estimate of drug-likeness (QED) is 0.322. The van der Waals surface area contributed by atoms with Crippen molar-refractivity contribution in [1.82, 2.24) is 9.78 Å². The predicted molar refractivity (Wildman–Crippen MR) is 126 cm³/mol. The molecule has 0 radical (unpaired) electrons. The molecule has 0 spiro atoms. The maximum absolute atomic E-state index is 13.4. The van der Waals surface area contributed by atoms with Crippen molar-refractivity contribution in [1.29, 1.82) is 0 Å². The van der Waals surface area contributed by atoms with Gasteiger partial charge in [-0.2, -0.15) is 18.3 Å². The van der Waals surface area contributed by atoms with Gasteiger partial charge in [-0.05, 0) is 36.4 Å². The van der Waals surface area contributed by atoms with Crippen molar-refractivity contribution < 1.29 is 27.4 Å². The number of para-hydroxylation sites is 1. The number of nitrogens with zero attached hydrogens (tertiary/aromatic N) is 2. The van der Waals surface area contributed by atoms with Crippen LogP contribution in [0.15, 0.2) is 84.9 Å². The number of hydrogen-bond acceptors (Lipinski definition) is 4. The molecule has 35 heavy (non-hydrogen) atoms. The van der Waals surface area contributed by atoms with Gasteiger partial charge in [-0.25, -0.2) is 4.68 Å². The van der Waals surface area contributed by atoms with Crippen LogP contribution in [0, 0.1) is 0 Å². The lowest BCUT2D eigenvalue weighted by atomic mass is 10.1. The fourth-order valence-corrected chi connectivity index (χ4v) is 3.41. The van der Waals surface area contributed by atoms with Gasteiger partial charge in [0.05, 0.1) is 29.2 Å². The van der Waals surface area contributed by atoms with Crippen molar-refractivity contribution >= 4 is 11.6 Å². The van der Waals surface area contributed by atoms with E-state index < -0.39 is 17.6 Å². The van der Waals surface area contributed by atoms with Crippen LogP contribution in [0.4, 0.5) is 18.9 Å². The highest BCUT2D eigenvalue weighted by atomic mass is 19.4. The highest BCUT2D eigenvalue weighted by Gasteiger charge is 2.31. The van der Waals surface area contributed by atoms with Gasteiger partial charge in [-0.1, -0.05) is 48.5 Å². The lowest BCUT2D eigenvalue weighted by Gasteiger charge is -2.15. The molecule has 0 saturated carbocycles. The molecule has 0 bridgehead atoms. The van der Waals surface area contributed by atoms with E-state index >= 15 is 0 Å². The molecule has 3 aromatic carbocycles. The summed E-state index contributed by atoms with van der Waals surface area (Å²) in [5.41, 5.74) is 1.09. The Labute approximate surface area is 199 Å². The summed E-state index contributed by atoms with van der Waals surface area (Å²) in [4.78, 5) is 13.4. The zero-order valence-corrected chi connectivity index (χ0v) is 18.8. The van der Waals surface area contributed by atoms with Gasteiger partial charge in [0, 0.05) is 12.7 Å². The Morgan fingerprint density at radius 2 is 1.63 bits per heavy atom. The van der Waals surface area contributed by atoms with Gasteiger partial charge in [-0.3, -0.25) is 4.79 Å². The molecule has 6 nitrogen and oxygen atoms in total. The van der Waals surface area contributed by atoms with Gasteiger partial charge in [0.15, 0.2) is 0 Å². The first-order chi connectivity index (χ1) is 16.9. The van der Waals surface area contributed by atoms with Crippen molar-refractivity contribution in [3.63, 3.8) is 0 Å². The average molecular weight is 481 g/mol. The summed E-state index contributed by atoms with van der Waals surface area (Å²) in [7, 11) is 1.48. The number of methoxy groups -OCH3 is 1. The largest absolute Gasteiger partial charge is 0.489 e. The summed E-state index contributed by atoms with van der Waals surface area (Å²) in [6.45, 7) is 0.334. The molecule has 9 heteroatoms. The number of hydrogen-bond donors (Lipinski definition) is 1. The van der Waals surface area contributed by atoms with E-state index in [9.17, 15) is 18.0 Å². The molecule has 0 unspecified atom stereocenters. The molecule has 0 aliphatic carbocycles. The molecule has 0 fully saturated rings. The number of ether oxygens (including phenoxy) is 2. The van der Waals surface area contributed by atoms with Gasteiger partial charge in [0.25, 0.3) is 5.91 Å². The van der Waals surface area contributed by atoms with Crippen molar-refractivity contribution in [3.8, 4) is 22.7 Å². The number of alkyl halides is 3. The van der Waals surface area contributed by atoms with E-state index in [1.165, 1.54) is 17.9 Å². The lowest BCUT2D eigenvalue weighted by Crippen LogP contribution is -2.18. The topological polar surface area (TPSA) is 65.4 Å². The number of carbonyl (C=O) groups is 1. The summed E-state index contributed by atoms with van der Waals surface area (Å²) in [6, 6.07) is 22.8. The first-order valence-corrected chi connectivity index (χ1v) is 10.7. The SMILES string of the molecule is COCCOc1ccc(C(F)(F)F)cc1NC(=O)c1cc(-c2ccccc2)nn1-c1ccccc1. The molecule has 4 aromatic rings. The van der Waals surface area contributed by atoms with Gasteiger partial charge in [-0.15, -0.1) is 0 Å². The van der Waals surface area contributed by atoms with Crippen LogP contribution < -0.4 is 10.1 Å². The zero-order valence-electron chi connectivity index (χ0n) is 18.8. The van der Waals surface area contributed by atoms with Gasteiger partial charge < -0.3 is 14.8 Å². The van der Waals surface area contributed by atoms with Crippen molar-refractivity contribution in [3.05, 3.63) is 96.2 Å². The number of rotatable bonds is 8. The second kappa shape index (κ2) is 10.4. The smallest absolute Gasteiger partial charge is 0.416 e. The van der Waals surface area contributed by atoms with Crippen LogP contribution in [0.3, 0.4) is 0 Å². The molecule has 4 rings (SSSR count). The maximum Gasteiger partial charge on any atom is 0.416 e. The van der Waals surface area contributed by atoms with E-state index in [1.54, 1.807) is 30.3 Å². The minimum atomic E-state index is -4.59. The standard InChI is InChI=1S/C26H22F3N3O3/c1-34-14-15-35-24-13-12-19(26(27,28)29)16-22(24)30-25(33)23-17-21(18-8-4-2-5-9-18)31-32(23)20-10-6-3-7-11-20/h2-13,16-17H,14-15H2,1H3,(H,30,33). The van der Waals surface area contributed by atoms with Crippen molar-refractivity contribution in [2.75, 3.05) is 25.6 Å². The van der Waals surface area contributed by atoms with Crippen LogP contribution >= 0.6 is 0 Å². The third kappa shape index (κ3) is 5.70. The molecule has 0 aliphatic rings. The van der Waals surface area contributed by atoms with Crippen LogP contribution in [0.25, 0.3) is 16.9 Å². The fraction of sp³-hybridized carbons (Fsp3) is 0.154. The molecular weight excluding hydrogens is 459 g/mol. The van der Waals surface area contributed by atoms with E-state index in [0.717, 1.165) is 17.7 Å². The Bertz CT molecular complexity index is 1290. The van der Waals surface area contributed by atoms with Crippen molar-refractivity contribution in [2.45, 2.75) is 6.18 Å². The van der Waals surface area contributed by atoms with E-state index in [-0.39, 0.29) is 30.3 Å². The Kier molecular flexibility index (Phi) is 7.17. The predicted octanol–water partition coefficient (Wildman–Crippen LogP) is 5.84. The van der Waals surface area contributed by atoms with Crippen LogP contribution in [0.1, 0.15) is 16.1 Å². The summed E-state index contributed by atoms with van der Waals surface area (Å²) in [5.74, 6) is -0.545. The number of halogens is 3. The van der Waals surface area contributed by atoms with E-state index in [4.69, 9.17) is 9.47 Å². The highest BCUT2D eigenvalue weighted by molar-refractivity contribution is 6.05. The summed E-state index contributed by atoms with van der Waals surface area (Å²) in [5, 5.41) is 7.16. The fourth-order valence-electron chi connectivity index (χ4n) is 3.41. The Morgan fingerprint density at radius 1 is 0.943 bits per heavy atom. The van der Waals surface area contributed by atoms with Gasteiger partial charge >= 0.3 is 6.18 Å². The third-order valence-electron chi connectivity index (χ3n) is 5.11. The lowest BCUT2D eigenvalue weighted by molar-refractivity contribution is -0.137. The summed E-state index contributed by atoms with van der Waals surface area (Å²) >= 11 is 0. The first kappa shape index (κ1) is 24.0. The number of carbonyl (C=O) groups excluding carboxylic acids is 1. The number of anilines is 1. The highest BCUT2D eigenvalue weighted by Crippen LogP contribution is 2.35. The second-order valence-electron chi connectivity index (χ2n) is 7.53. The molecule has 0 saturated heterocycles. The number of aromatic nitrogens is 2. The summed E-state index contributed by atoms with van der Waals surface area (Å²) < 4.78 is 52.0. The number of benzene rings is 3. The monoisotopic (exact) mass is 481 g/mol. The molecule has 180 valence electrons. The normalized spacial score (nSPS) is 11.3. The Balaban J connectivity index is 1.73. The minimum Gasteiger partial charge on any atom is -0.489 e. The van der Waals surface area contributed by atoms with Crippen molar-refractivity contribution in [2.24, 2.45) is 0 Å². The molecule has 1 aromatic heterocycles. The Hall–Kier alpha value is -4.11. The second-order valence-corrected chi connectivity index (χ2v) is 7.53. The molecular formula is C26H22F3N3O3. The number of amides is 1. The molecule has 1 amide bonds. The van der Waals surface area contributed by atoms with Crippen LogP contribution in [0.5, 0.6) is 5.75 Å². The minimum absolute atomic E-state index is 0.0949. The van der Waals surface area contributed by atoms with E-state index in [1.807, 2.05) is 36.4 Å². The molecule has 0 atom stereocenters. The first-order valence-electron chi connectivity index (χ1n) is 10.7. The number of nitrogens with one attached hydrogen (secondary N) is 1.